The summed E-state index contributed by atoms with van der Waals surface area (Å²) in [5, 5.41) is 5.97. The largest absolute Gasteiger partial charge is 0.492 e. The molecule has 1 amide bonds. The maximum absolute atomic E-state index is 12.6. The maximum Gasteiger partial charge on any atom is 0.274 e. The molecule has 3 rings (SSSR count). The first kappa shape index (κ1) is 18.4. The minimum absolute atomic E-state index is 0.266. The number of carbonyl (C=O) groups is 1. The Morgan fingerprint density at radius 1 is 1.07 bits per heavy atom. The highest BCUT2D eigenvalue weighted by atomic mass is 16.5. The van der Waals surface area contributed by atoms with Gasteiger partial charge in [-0.15, -0.1) is 0 Å². The molecular formula is C21H22N4O2. The van der Waals surface area contributed by atoms with Crippen LogP contribution in [-0.2, 0) is 0 Å². The Hall–Kier alpha value is -3.41. The van der Waals surface area contributed by atoms with Crippen LogP contribution in [0, 0.1) is 13.8 Å². The number of anilines is 3. The van der Waals surface area contributed by atoms with Gasteiger partial charge in [-0.25, -0.2) is 9.97 Å². The van der Waals surface area contributed by atoms with E-state index in [1.165, 1.54) is 11.1 Å². The predicted octanol–water partition coefficient (Wildman–Crippen LogP) is 4.49. The van der Waals surface area contributed by atoms with Gasteiger partial charge >= 0.3 is 0 Å². The quantitative estimate of drug-likeness (QED) is 0.676. The fourth-order valence-corrected chi connectivity index (χ4v) is 2.53. The molecule has 0 saturated heterocycles. The van der Waals surface area contributed by atoms with Crippen molar-refractivity contribution in [2.24, 2.45) is 0 Å². The van der Waals surface area contributed by atoms with E-state index in [0.717, 1.165) is 5.69 Å². The molecule has 27 heavy (non-hydrogen) atoms. The number of hydrogen-bond acceptors (Lipinski definition) is 5. The van der Waals surface area contributed by atoms with Crippen molar-refractivity contribution in [2.45, 2.75) is 20.8 Å². The van der Waals surface area contributed by atoms with Crippen LogP contribution < -0.4 is 15.4 Å². The predicted molar refractivity (Wildman–Crippen MR) is 107 cm³/mol. The van der Waals surface area contributed by atoms with Crippen LogP contribution in [0.3, 0.4) is 0 Å². The third kappa shape index (κ3) is 4.61. The van der Waals surface area contributed by atoms with Gasteiger partial charge in [-0.3, -0.25) is 4.79 Å². The van der Waals surface area contributed by atoms with E-state index < -0.39 is 0 Å². The third-order valence-electron chi connectivity index (χ3n) is 4.09. The zero-order valence-corrected chi connectivity index (χ0v) is 15.6. The Labute approximate surface area is 158 Å². The normalized spacial score (nSPS) is 10.3. The molecule has 0 radical (unpaired) electrons. The van der Waals surface area contributed by atoms with Crippen LogP contribution in [0.25, 0.3) is 0 Å². The molecule has 6 nitrogen and oxygen atoms in total. The highest BCUT2D eigenvalue weighted by molar-refractivity contribution is 6.03. The molecule has 1 heterocycles. The van der Waals surface area contributed by atoms with Crippen LogP contribution in [-0.4, -0.2) is 22.5 Å². The van der Waals surface area contributed by atoms with Gasteiger partial charge in [-0.1, -0.05) is 18.2 Å². The summed E-state index contributed by atoms with van der Waals surface area (Å²) in [6.45, 7) is 6.51. The lowest BCUT2D eigenvalue weighted by molar-refractivity contribution is 0.102. The van der Waals surface area contributed by atoms with Gasteiger partial charge in [-0.2, -0.15) is 0 Å². The van der Waals surface area contributed by atoms with Crippen LogP contribution >= 0.6 is 0 Å². The molecule has 0 aliphatic carbocycles. The van der Waals surface area contributed by atoms with Gasteiger partial charge in [0.2, 0.25) is 5.95 Å². The number of nitrogens with zero attached hydrogens (tertiary/aromatic N) is 2. The highest BCUT2D eigenvalue weighted by Crippen LogP contribution is 2.24. The zero-order chi connectivity index (χ0) is 19.2. The number of hydrogen-bond donors (Lipinski definition) is 2. The van der Waals surface area contributed by atoms with Gasteiger partial charge in [0.05, 0.1) is 12.3 Å². The molecule has 0 atom stereocenters. The summed E-state index contributed by atoms with van der Waals surface area (Å²) in [5.74, 6) is 0.660. The Balaban J connectivity index is 1.76. The number of benzene rings is 2. The minimum atomic E-state index is -0.326. The van der Waals surface area contributed by atoms with Crippen LogP contribution in [0.15, 0.2) is 54.7 Å². The van der Waals surface area contributed by atoms with Gasteiger partial charge in [0, 0.05) is 11.9 Å². The molecule has 6 heteroatoms. The fourth-order valence-electron chi connectivity index (χ4n) is 2.53. The van der Waals surface area contributed by atoms with E-state index in [2.05, 4.69) is 27.5 Å². The number of ether oxygens (including phenoxy) is 1. The molecule has 0 unspecified atom stereocenters. The summed E-state index contributed by atoms with van der Waals surface area (Å²) >= 11 is 0. The van der Waals surface area contributed by atoms with E-state index >= 15 is 0 Å². The Kier molecular flexibility index (Phi) is 5.66. The average Bonchev–Trinajstić information content (AvgIpc) is 2.67. The second-order valence-corrected chi connectivity index (χ2v) is 6.07. The lowest BCUT2D eigenvalue weighted by atomic mass is 10.1. The van der Waals surface area contributed by atoms with Gasteiger partial charge in [0.25, 0.3) is 5.91 Å². The van der Waals surface area contributed by atoms with Crippen LogP contribution in [0.5, 0.6) is 5.75 Å². The van der Waals surface area contributed by atoms with Gasteiger partial charge in [-0.05, 0) is 62.2 Å². The van der Waals surface area contributed by atoms with E-state index in [1.54, 1.807) is 18.3 Å². The fraction of sp³-hybridized carbons (Fsp3) is 0.190. The van der Waals surface area contributed by atoms with Crippen molar-refractivity contribution in [2.75, 3.05) is 17.2 Å². The number of aryl methyl sites for hydroxylation is 2. The molecule has 0 aliphatic heterocycles. The van der Waals surface area contributed by atoms with Crippen LogP contribution in [0.2, 0.25) is 0 Å². The molecule has 0 bridgehead atoms. The first-order chi connectivity index (χ1) is 13.1. The molecule has 0 saturated carbocycles. The second kappa shape index (κ2) is 8.31. The maximum atomic E-state index is 12.6. The monoisotopic (exact) mass is 362 g/mol. The molecule has 2 aromatic carbocycles. The molecular weight excluding hydrogens is 340 g/mol. The van der Waals surface area contributed by atoms with E-state index in [1.807, 2.05) is 50.2 Å². The van der Waals surface area contributed by atoms with E-state index in [0.29, 0.717) is 24.0 Å². The second-order valence-electron chi connectivity index (χ2n) is 6.07. The summed E-state index contributed by atoms with van der Waals surface area (Å²) in [5.41, 5.74) is 4.12. The summed E-state index contributed by atoms with van der Waals surface area (Å²) in [6, 6.07) is 14.9. The molecule has 3 aromatic rings. The van der Waals surface area contributed by atoms with E-state index in [-0.39, 0.29) is 11.6 Å². The Bertz CT molecular complexity index is 956. The topological polar surface area (TPSA) is 76.1 Å². The molecule has 0 spiro atoms. The van der Waals surface area contributed by atoms with Crippen LogP contribution in [0.1, 0.15) is 28.5 Å². The lowest BCUT2D eigenvalue weighted by Gasteiger charge is -2.11. The van der Waals surface area contributed by atoms with Crippen molar-refractivity contribution in [1.82, 2.24) is 9.97 Å². The molecule has 0 fully saturated rings. The van der Waals surface area contributed by atoms with E-state index in [4.69, 9.17) is 4.74 Å². The number of amides is 1. The highest BCUT2D eigenvalue weighted by Gasteiger charge is 2.12. The van der Waals surface area contributed by atoms with Gasteiger partial charge < -0.3 is 15.4 Å². The first-order valence-electron chi connectivity index (χ1n) is 8.77. The number of rotatable bonds is 6. The van der Waals surface area contributed by atoms with E-state index in [9.17, 15) is 4.79 Å². The van der Waals surface area contributed by atoms with Crippen molar-refractivity contribution in [3.63, 3.8) is 0 Å². The average molecular weight is 362 g/mol. The van der Waals surface area contributed by atoms with Crippen molar-refractivity contribution in [3.8, 4) is 5.75 Å². The smallest absolute Gasteiger partial charge is 0.274 e. The number of carbonyl (C=O) groups excluding carboxylic acids is 1. The lowest BCUT2D eigenvalue weighted by Crippen LogP contribution is -2.15. The summed E-state index contributed by atoms with van der Waals surface area (Å²) < 4.78 is 5.54. The minimum Gasteiger partial charge on any atom is -0.492 e. The summed E-state index contributed by atoms with van der Waals surface area (Å²) in [4.78, 5) is 21.1. The van der Waals surface area contributed by atoms with Crippen molar-refractivity contribution >= 4 is 23.2 Å². The van der Waals surface area contributed by atoms with Crippen LogP contribution in [0.4, 0.5) is 17.3 Å². The molecule has 0 aliphatic rings. The Morgan fingerprint density at radius 3 is 2.67 bits per heavy atom. The number of para-hydroxylation sites is 2. The van der Waals surface area contributed by atoms with Gasteiger partial charge in [0.1, 0.15) is 11.4 Å². The standard InChI is InChI=1S/C21H22N4O2/c1-4-27-19-8-6-5-7-17(19)24-20(26)18-11-12-22-21(25-18)23-16-10-9-14(2)15(3)13-16/h5-13H,4H2,1-3H3,(H,24,26)(H,22,23,25). The van der Waals surface area contributed by atoms with Crippen molar-refractivity contribution in [3.05, 3.63) is 71.5 Å². The van der Waals surface area contributed by atoms with Crippen molar-refractivity contribution in [1.29, 1.82) is 0 Å². The Morgan fingerprint density at radius 2 is 1.89 bits per heavy atom. The first-order valence-corrected chi connectivity index (χ1v) is 8.77. The number of aromatic nitrogens is 2. The molecule has 138 valence electrons. The van der Waals surface area contributed by atoms with Crippen molar-refractivity contribution < 1.29 is 9.53 Å². The molecule has 2 N–H and O–H groups in total. The summed E-state index contributed by atoms with van der Waals surface area (Å²) in [7, 11) is 0. The summed E-state index contributed by atoms with van der Waals surface area (Å²) in [6.07, 6.45) is 1.56. The number of nitrogens with one attached hydrogen (secondary N) is 2. The molecule has 1 aromatic heterocycles. The third-order valence-corrected chi connectivity index (χ3v) is 4.09. The zero-order valence-electron chi connectivity index (χ0n) is 15.6. The van der Waals surface area contributed by atoms with Gasteiger partial charge in [0.15, 0.2) is 0 Å². The SMILES string of the molecule is CCOc1ccccc1NC(=O)c1ccnc(Nc2ccc(C)c(C)c2)n1.